The SMILES string of the molecule is CCCC1CCC(c2ccc3c(c2F)OC(=O)C(C)C3)OC1. The van der Waals surface area contributed by atoms with Crippen LogP contribution in [0.1, 0.15) is 56.8 Å². The lowest BCUT2D eigenvalue weighted by Gasteiger charge is -2.30. The molecule has 2 heterocycles. The second-order valence-corrected chi connectivity index (χ2v) is 6.54. The van der Waals surface area contributed by atoms with Crippen LogP contribution in [0.4, 0.5) is 4.39 Å². The fraction of sp³-hybridized carbons (Fsp3) is 0.611. The number of carbonyl (C=O) groups is 1. The first-order chi connectivity index (χ1) is 10.6. The maximum Gasteiger partial charge on any atom is 0.314 e. The van der Waals surface area contributed by atoms with Crippen LogP contribution < -0.4 is 4.74 Å². The lowest BCUT2D eigenvalue weighted by atomic mass is 9.90. The maximum atomic E-state index is 14.7. The molecule has 0 spiro atoms. The highest BCUT2D eigenvalue weighted by Gasteiger charge is 2.31. The maximum absolute atomic E-state index is 14.7. The first-order valence-electron chi connectivity index (χ1n) is 8.24. The van der Waals surface area contributed by atoms with Crippen LogP contribution in [0.25, 0.3) is 0 Å². The van der Waals surface area contributed by atoms with E-state index in [0.29, 0.717) is 24.5 Å². The molecule has 4 heteroatoms. The highest BCUT2D eigenvalue weighted by atomic mass is 19.1. The van der Waals surface area contributed by atoms with E-state index >= 15 is 0 Å². The zero-order valence-electron chi connectivity index (χ0n) is 13.2. The van der Waals surface area contributed by atoms with Crippen molar-refractivity contribution < 1.29 is 18.7 Å². The number of halogens is 1. The predicted molar refractivity (Wildman–Crippen MR) is 81.2 cm³/mol. The number of fused-ring (bicyclic) bond motifs is 1. The molecule has 1 aromatic carbocycles. The van der Waals surface area contributed by atoms with Gasteiger partial charge in [-0.3, -0.25) is 4.79 Å². The largest absolute Gasteiger partial charge is 0.423 e. The van der Waals surface area contributed by atoms with Gasteiger partial charge in [-0.25, -0.2) is 4.39 Å². The van der Waals surface area contributed by atoms with Crippen molar-refractivity contribution in [2.75, 3.05) is 6.61 Å². The van der Waals surface area contributed by atoms with Gasteiger partial charge in [0.2, 0.25) is 0 Å². The Balaban J connectivity index is 1.79. The number of ether oxygens (including phenoxy) is 2. The van der Waals surface area contributed by atoms with Gasteiger partial charge >= 0.3 is 5.97 Å². The topological polar surface area (TPSA) is 35.5 Å². The summed E-state index contributed by atoms with van der Waals surface area (Å²) >= 11 is 0. The van der Waals surface area contributed by atoms with Crippen LogP contribution in [0.2, 0.25) is 0 Å². The van der Waals surface area contributed by atoms with Crippen LogP contribution in [0.15, 0.2) is 12.1 Å². The van der Waals surface area contributed by atoms with Crippen LogP contribution in [0.5, 0.6) is 5.75 Å². The first-order valence-corrected chi connectivity index (χ1v) is 8.24. The fourth-order valence-electron chi connectivity index (χ4n) is 3.43. The summed E-state index contributed by atoms with van der Waals surface area (Å²) in [7, 11) is 0. The molecule has 0 radical (unpaired) electrons. The van der Waals surface area contributed by atoms with Gasteiger partial charge in [-0.15, -0.1) is 0 Å². The summed E-state index contributed by atoms with van der Waals surface area (Å²) < 4.78 is 25.8. The van der Waals surface area contributed by atoms with Gasteiger partial charge in [-0.05, 0) is 37.2 Å². The minimum Gasteiger partial charge on any atom is -0.423 e. The van der Waals surface area contributed by atoms with Crippen molar-refractivity contribution in [3.63, 3.8) is 0 Å². The number of esters is 1. The summed E-state index contributed by atoms with van der Waals surface area (Å²) in [5, 5.41) is 0. The number of rotatable bonds is 3. The first kappa shape index (κ1) is 15.5. The fourth-order valence-corrected chi connectivity index (χ4v) is 3.43. The molecule has 0 bridgehead atoms. The lowest BCUT2D eigenvalue weighted by Crippen LogP contribution is -2.27. The quantitative estimate of drug-likeness (QED) is 0.620. The summed E-state index contributed by atoms with van der Waals surface area (Å²) in [6.07, 6.45) is 4.51. The van der Waals surface area contributed by atoms with Gasteiger partial charge < -0.3 is 9.47 Å². The van der Waals surface area contributed by atoms with E-state index in [2.05, 4.69) is 6.92 Å². The smallest absolute Gasteiger partial charge is 0.314 e. The Kier molecular flexibility index (Phi) is 4.48. The van der Waals surface area contributed by atoms with Crippen molar-refractivity contribution in [3.05, 3.63) is 29.1 Å². The molecule has 1 saturated heterocycles. The van der Waals surface area contributed by atoms with Gasteiger partial charge in [0, 0.05) is 5.56 Å². The van der Waals surface area contributed by atoms with Gasteiger partial charge in [0.25, 0.3) is 0 Å². The van der Waals surface area contributed by atoms with E-state index < -0.39 is 5.82 Å². The minimum absolute atomic E-state index is 0.111. The van der Waals surface area contributed by atoms with E-state index in [9.17, 15) is 9.18 Å². The van der Waals surface area contributed by atoms with E-state index in [0.717, 1.165) is 31.2 Å². The second-order valence-electron chi connectivity index (χ2n) is 6.54. The summed E-state index contributed by atoms with van der Waals surface area (Å²) in [5.41, 5.74) is 1.30. The highest BCUT2D eigenvalue weighted by molar-refractivity contribution is 5.77. The number of benzene rings is 1. The molecule has 3 nitrogen and oxygen atoms in total. The van der Waals surface area contributed by atoms with Gasteiger partial charge in [0.15, 0.2) is 11.6 Å². The molecule has 0 N–H and O–H groups in total. The third kappa shape index (κ3) is 2.89. The van der Waals surface area contributed by atoms with Gasteiger partial charge in [-0.1, -0.05) is 32.4 Å². The Morgan fingerprint density at radius 2 is 2.14 bits per heavy atom. The predicted octanol–water partition coefficient (Wildman–Crippen LogP) is 4.19. The zero-order chi connectivity index (χ0) is 15.7. The van der Waals surface area contributed by atoms with Crippen LogP contribution in [0, 0.1) is 17.7 Å². The average molecular weight is 306 g/mol. The second kappa shape index (κ2) is 6.37. The highest BCUT2D eigenvalue weighted by Crippen LogP contribution is 2.39. The molecule has 0 aliphatic carbocycles. The molecule has 1 fully saturated rings. The van der Waals surface area contributed by atoms with E-state index in [-0.39, 0.29) is 23.7 Å². The van der Waals surface area contributed by atoms with Crippen LogP contribution in [-0.4, -0.2) is 12.6 Å². The van der Waals surface area contributed by atoms with Gasteiger partial charge in [0.05, 0.1) is 18.6 Å². The van der Waals surface area contributed by atoms with E-state index in [1.807, 2.05) is 6.07 Å². The van der Waals surface area contributed by atoms with Crippen molar-refractivity contribution >= 4 is 5.97 Å². The monoisotopic (exact) mass is 306 g/mol. The van der Waals surface area contributed by atoms with Gasteiger partial charge in [0.1, 0.15) is 0 Å². The molecule has 3 unspecified atom stereocenters. The minimum atomic E-state index is -0.420. The number of carbonyl (C=O) groups excluding carboxylic acids is 1. The zero-order valence-corrected chi connectivity index (χ0v) is 13.2. The summed E-state index contributed by atoms with van der Waals surface area (Å²) in [5.74, 6) is -0.285. The van der Waals surface area contributed by atoms with E-state index in [1.165, 1.54) is 0 Å². The van der Waals surface area contributed by atoms with Crippen LogP contribution in [-0.2, 0) is 16.0 Å². The lowest BCUT2D eigenvalue weighted by molar-refractivity contribution is -0.139. The van der Waals surface area contributed by atoms with E-state index in [1.54, 1.807) is 13.0 Å². The Bertz CT molecular complexity index is 562. The Morgan fingerprint density at radius 1 is 1.32 bits per heavy atom. The molecule has 0 saturated carbocycles. The van der Waals surface area contributed by atoms with E-state index in [4.69, 9.17) is 9.47 Å². The Morgan fingerprint density at radius 3 is 2.82 bits per heavy atom. The third-order valence-corrected chi connectivity index (χ3v) is 4.75. The molecular formula is C18H23FO3. The molecule has 3 atom stereocenters. The molecule has 3 rings (SSSR count). The summed E-state index contributed by atoms with van der Waals surface area (Å²) in [6, 6.07) is 3.67. The molecule has 120 valence electrons. The average Bonchev–Trinajstić information content (AvgIpc) is 2.51. The molecule has 0 aromatic heterocycles. The summed E-state index contributed by atoms with van der Waals surface area (Å²) in [4.78, 5) is 11.7. The molecule has 2 aliphatic heterocycles. The van der Waals surface area contributed by atoms with Crippen LogP contribution >= 0.6 is 0 Å². The molecular weight excluding hydrogens is 283 g/mol. The standard InChI is InChI=1S/C18H23FO3/c1-3-4-12-5-8-15(21-10-12)14-7-6-13-9-11(2)18(20)22-17(13)16(14)19/h6-7,11-12,15H,3-5,8-10H2,1-2H3. The molecule has 0 amide bonds. The molecule has 1 aromatic rings. The molecule has 2 aliphatic rings. The van der Waals surface area contributed by atoms with Crippen molar-refractivity contribution in [2.45, 2.75) is 52.1 Å². The van der Waals surface area contributed by atoms with Crippen molar-refractivity contribution in [3.8, 4) is 5.75 Å². The van der Waals surface area contributed by atoms with Gasteiger partial charge in [-0.2, -0.15) is 0 Å². The summed E-state index contributed by atoms with van der Waals surface area (Å²) in [6.45, 7) is 4.66. The molecule has 22 heavy (non-hydrogen) atoms. The number of hydrogen-bond acceptors (Lipinski definition) is 3. The Hall–Kier alpha value is -1.42. The van der Waals surface area contributed by atoms with Crippen molar-refractivity contribution in [1.82, 2.24) is 0 Å². The Labute approximate surface area is 130 Å². The third-order valence-electron chi connectivity index (χ3n) is 4.75. The number of hydrogen-bond donors (Lipinski definition) is 0. The normalized spacial score (nSPS) is 28.1. The van der Waals surface area contributed by atoms with Crippen molar-refractivity contribution in [1.29, 1.82) is 0 Å². The van der Waals surface area contributed by atoms with Crippen molar-refractivity contribution in [2.24, 2.45) is 11.8 Å². The van der Waals surface area contributed by atoms with Crippen LogP contribution in [0.3, 0.4) is 0 Å².